The molecule has 0 atom stereocenters. The Bertz CT molecular complexity index is 404. The molecule has 0 aliphatic heterocycles. The molecule has 4 nitrogen and oxygen atoms in total. The summed E-state index contributed by atoms with van der Waals surface area (Å²) in [6.07, 6.45) is 0.310. The molecule has 1 amide bonds. The summed E-state index contributed by atoms with van der Waals surface area (Å²) in [7, 11) is 0. The maximum atomic E-state index is 11.5. The van der Waals surface area contributed by atoms with Gasteiger partial charge in [0, 0.05) is 0 Å². The van der Waals surface area contributed by atoms with Gasteiger partial charge >= 0.3 is 5.97 Å². The molecule has 0 aliphatic rings. The maximum absolute atomic E-state index is 11.5. The minimum Gasteiger partial charge on any atom is -0.459 e. The van der Waals surface area contributed by atoms with Gasteiger partial charge in [0.15, 0.2) is 0 Å². The van der Waals surface area contributed by atoms with Crippen LogP contribution < -0.4 is 5.32 Å². The highest BCUT2D eigenvalue weighted by Gasteiger charge is 2.11. The molecule has 0 saturated carbocycles. The van der Waals surface area contributed by atoms with Gasteiger partial charge in [0.1, 0.15) is 0 Å². The first kappa shape index (κ1) is 12.5. The fourth-order valence-corrected chi connectivity index (χ4v) is 1.28. The number of benzene rings is 1. The summed E-state index contributed by atoms with van der Waals surface area (Å²) in [5.41, 5.74) is 0.734. The van der Waals surface area contributed by atoms with E-state index in [1.807, 2.05) is 0 Å². The van der Waals surface area contributed by atoms with Gasteiger partial charge in [0.25, 0.3) is 0 Å². The van der Waals surface area contributed by atoms with Crippen LogP contribution in [0.1, 0.15) is 24.2 Å². The quantitative estimate of drug-likeness (QED) is 0.651. The van der Waals surface area contributed by atoms with Crippen LogP contribution in [0.5, 0.6) is 0 Å². The van der Waals surface area contributed by atoms with Crippen molar-refractivity contribution in [1.82, 2.24) is 0 Å². The van der Waals surface area contributed by atoms with E-state index in [0.717, 1.165) is 0 Å². The Morgan fingerprint density at radius 3 is 2.75 bits per heavy atom. The van der Waals surface area contributed by atoms with Crippen LogP contribution in [0, 0.1) is 0 Å². The first-order valence-electron chi connectivity index (χ1n) is 4.75. The predicted octanol–water partition coefficient (Wildman–Crippen LogP) is 2.47. The molecule has 0 aromatic heterocycles. The highest BCUT2D eigenvalue weighted by Crippen LogP contribution is 2.23. The Morgan fingerprint density at radius 2 is 2.19 bits per heavy atom. The molecule has 86 valence electrons. The molecule has 0 saturated heterocycles. The largest absolute Gasteiger partial charge is 0.459 e. The van der Waals surface area contributed by atoms with Crippen molar-refractivity contribution in [2.24, 2.45) is 0 Å². The summed E-state index contributed by atoms with van der Waals surface area (Å²) in [5, 5.41) is 2.77. The van der Waals surface area contributed by atoms with Gasteiger partial charge in [-0.05, 0) is 32.0 Å². The maximum Gasteiger partial charge on any atom is 0.338 e. The lowest BCUT2D eigenvalue weighted by molar-refractivity contribution is -0.105. The van der Waals surface area contributed by atoms with E-state index in [1.54, 1.807) is 19.9 Å². The fraction of sp³-hybridized carbons (Fsp3) is 0.273. The smallest absolute Gasteiger partial charge is 0.338 e. The normalized spacial score (nSPS) is 10.0. The molecule has 1 aromatic carbocycles. The summed E-state index contributed by atoms with van der Waals surface area (Å²) in [6.45, 7) is 3.52. The molecule has 16 heavy (non-hydrogen) atoms. The number of carbonyl (C=O) groups is 2. The highest BCUT2D eigenvalue weighted by atomic mass is 35.5. The third kappa shape index (κ3) is 3.24. The molecule has 0 spiro atoms. The van der Waals surface area contributed by atoms with Crippen LogP contribution in [0.3, 0.4) is 0 Å². The molecule has 1 aromatic rings. The third-order valence-corrected chi connectivity index (χ3v) is 2.09. The average Bonchev–Trinajstić information content (AvgIpc) is 2.20. The molecular weight excluding hydrogens is 230 g/mol. The van der Waals surface area contributed by atoms with Crippen molar-refractivity contribution in [2.45, 2.75) is 20.0 Å². The average molecular weight is 242 g/mol. The van der Waals surface area contributed by atoms with Crippen molar-refractivity contribution in [3.63, 3.8) is 0 Å². The second kappa shape index (κ2) is 5.51. The van der Waals surface area contributed by atoms with E-state index >= 15 is 0 Å². The van der Waals surface area contributed by atoms with Crippen molar-refractivity contribution in [3.05, 3.63) is 28.8 Å². The van der Waals surface area contributed by atoms with E-state index in [4.69, 9.17) is 16.3 Å². The monoisotopic (exact) mass is 241 g/mol. The van der Waals surface area contributed by atoms with E-state index in [0.29, 0.717) is 22.7 Å². The lowest BCUT2D eigenvalue weighted by atomic mass is 10.2. The van der Waals surface area contributed by atoms with Crippen molar-refractivity contribution < 1.29 is 14.3 Å². The summed E-state index contributed by atoms with van der Waals surface area (Å²) in [4.78, 5) is 21.8. The summed E-state index contributed by atoms with van der Waals surface area (Å²) >= 11 is 5.81. The topological polar surface area (TPSA) is 55.4 Å². The zero-order chi connectivity index (χ0) is 12.1. The van der Waals surface area contributed by atoms with Crippen LogP contribution in [-0.4, -0.2) is 18.5 Å². The van der Waals surface area contributed by atoms with Gasteiger partial charge in [0.05, 0.1) is 22.4 Å². The lowest BCUT2D eigenvalue weighted by Gasteiger charge is -2.09. The van der Waals surface area contributed by atoms with E-state index in [2.05, 4.69) is 5.32 Å². The van der Waals surface area contributed by atoms with Crippen molar-refractivity contribution in [1.29, 1.82) is 0 Å². The Labute approximate surface area is 98.5 Å². The Balaban J connectivity index is 2.93. The molecular formula is C11H12ClNO3. The fourth-order valence-electron chi connectivity index (χ4n) is 1.11. The van der Waals surface area contributed by atoms with E-state index in [-0.39, 0.29) is 6.10 Å². The van der Waals surface area contributed by atoms with Gasteiger partial charge in [-0.15, -0.1) is 0 Å². The number of hydrogen-bond donors (Lipinski definition) is 1. The summed E-state index contributed by atoms with van der Waals surface area (Å²) in [6, 6.07) is 4.55. The van der Waals surface area contributed by atoms with Gasteiger partial charge in [-0.25, -0.2) is 4.79 Å². The highest BCUT2D eigenvalue weighted by molar-refractivity contribution is 6.33. The van der Waals surface area contributed by atoms with Crippen LogP contribution in [-0.2, 0) is 9.53 Å². The van der Waals surface area contributed by atoms with Gasteiger partial charge < -0.3 is 10.1 Å². The van der Waals surface area contributed by atoms with Crippen LogP contribution in [0.2, 0.25) is 5.02 Å². The summed E-state index contributed by atoms with van der Waals surface area (Å²) < 4.78 is 5.01. The number of carbonyl (C=O) groups excluding carboxylic acids is 2. The van der Waals surface area contributed by atoms with Crippen LogP contribution >= 0.6 is 11.6 Å². The molecule has 0 aliphatic carbocycles. The van der Waals surface area contributed by atoms with E-state index in [9.17, 15) is 9.59 Å². The zero-order valence-electron chi connectivity index (χ0n) is 8.99. The zero-order valence-corrected chi connectivity index (χ0v) is 9.75. The van der Waals surface area contributed by atoms with Crippen molar-refractivity contribution in [3.8, 4) is 0 Å². The predicted molar refractivity (Wildman–Crippen MR) is 61.7 cm³/mol. The number of amides is 1. The van der Waals surface area contributed by atoms with E-state index in [1.165, 1.54) is 12.1 Å². The number of rotatable bonds is 4. The number of nitrogens with one attached hydrogen (secondary N) is 1. The van der Waals surface area contributed by atoms with E-state index < -0.39 is 5.97 Å². The second-order valence-electron chi connectivity index (χ2n) is 3.41. The number of halogens is 1. The minimum absolute atomic E-state index is 0.189. The molecule has 0 bridgehead atoms. The Kier molecular flexibility index (Phi) is 4.31. The second-order valence-corrected chi connectivity index (χ2v) is 3.82. The minimum atomic E-state index is -0.444. The molecule has 1 rings (SSSR count). The van der Waals surface area contributed by atoms with Gasteiger partial charge in [-0.2, -0.15) is 0 Å². The molecule has 0 heterocycles. The van der Waals surface area contributed by atoms with Crippen LogP contribution in [0.15, 0.2) is 18.2 Å². The molecule has 0 fully saturated rings. The molecule has 5 heteroatoms. The lowest BCUT2D eigenvalue weighted by Crippen LogP contribution is -2.11. The van der Waals surface area contributed by atoms with Crippen LogP contribution in [0.25, 0.3) is 0 Å². The number of hydrogen-bond acceptors (Lipinski definition) is 3. The third-order valence-electron chi connectivity index (χ3n) is 1.76. The van der Waals surface area contributed by atoms with Crippen molar-refractivity contribution in [2.75, 3.05) is 5.32 Å². The molecule has 1 N–H and O–H groups in total. The number of esters is 1. The van der Waals surface area contributed by atoms with Gasteiger partial charge in [0.2, 0.25) is 6.41 Å². The first-order chi connectivity index (χ1) is 7.54. The Morgan fingerprint density at radius 1 is 1.50 bits per heavy atom. The van der Waals surface area contributed by atoms with Crippen molar-refractivity contribution >= 4 is 29.7 Å². The number of ether oxygens (including phenoxy) is 1. The molecule has 0 unspecified atom stereocenters. The standard InChI is InChI=1S/C11H12ClNO3/c1-7(2)16-11(15)8-3-4-9(12)10(5-8)13-6-14/h3-7H,1-2H3,(H,13,14). The van der Waals surface area contributed by atoms with Crippen LogP contribution in [0.4, 0.5) is 5.69 Å². The van der Waals surface area contributed by atoms with Gasteiger partial charge in [-0.3, -0.25) is 4.79 Å². The SMILES string of the molecule is CC(C)OC(=O)c1ccc(Cl)c(NC=O)c1. The Hall–Kier alpha value is -1.55. The van der Waals surface area contributed by atoms with Gasteiger partial charge in [-0.1, -0.05) is 11.6 Å². The first-order valence-corrected chi connectivity index (χ1v) is 5.13. The summed E-state index contributed by atoms with van der Waals surface area (Å²) in [5.74, 6) is -0.444. The number of anilines is 1. The molecule has 0 radical (unpaired) electrons.